The average molecular weight is 191 g/mol. The quantitative estimate of drug-likeness (QED) is 0.625. The van der Waals surface area contributed by atoms with Crippen LogP contribution < -0.4 is 5.73 Å². The number of rotatable bonds is 0. The van der Waals surface area contributed by atoms with Crippen molar-refractivity contribution in [1.29, 1.82) is 0 Å². The van der Waals surface area contributed by atoms with Crippen LogP contribution in [0.3, 0.4) is 0 Å². The standard InChI is InChI=1S/C13H21N/c14-12-9-2-4-11(6-9)13(12)7-8-1-3-10(13)5-8/h8-12H,1-7,14H2/t8?,9?,10?,11-,12+,13?/m1/s1. The summed E-state index contributed by atoms with van der Waals surface area (Å²) in [5, 5.41) is 0. The van der Waals surface area contributed by atoms with E-state index in [2.05, 4.69) is 0 Å². The molecule has 0 aromatic heterocycles. The molecule has 0 heterocycles. The fraction of sp³-hybridized carbons (Fsp3) is 1.00. The molecule has 4 rings (SSSR count). The molecule has 0 radical (unpaired) electrons. The molecule has 0 aromatic carbocycles. The Labute approximate surface area is 86.4 Å². The van der Waals surface area contributed by atoms with Crippen LogP contribution in [0.25, 0.3) is 0 Å². The van der Waals surface area contributed by atoms with Gasteiger partial charge in [0.15, 0.2) is 0 Å². The summed E-state index contributed by atoms with van der Waals surface area (Å²) < 4.78 is 0. The molecule has 4 fully saturated rings. The van der Waals surface area contributed by atoms with Gasteiger partial charge in [-0.2, -0.15) is 0 Å². The third kappa shape index (κ3) is 0.711. The SMILES string of the molecule is N[C@H]1C2CC[C@H](C2)C12CC1CCC2C1. The molecule has 2 N–H and O–H groups in total. The topological polar surface area (TPSA) is 26.0 Å². The van der Waals surface area contributed by atoms with E-state index in [1.54, 1.807) is 0 Å². The van der Waals surface area contributed by atoms with Gasteiger partial charge in [0.2, 0.25) is 0 Å². The third-order valence-corrected chi connectivity index (χ3v) is 6.31. The van der Waals surface area contributed by atoms with Gasteiger partial charge in [-0.15, -0.1) is 0 Å². The van der Waals surface area contributed by atoms with Crippen molar-refractivity contribution in [3.63, 3.8) is 0 Å². The molecule has 1 heteroatoms. The van der Waals surface area contributed by atoms with Gasteiger partial charge in [-0.3, -0.25) is 0 Å². The first kappa shape index (κ1) is 8.15. The van der Waals surface area contributed by atoms with Crippen molar-refractivity contribution in [3.05, 3.63) is 0 Å². The maximum atomic E-state index is 6.55. The summed E-state index contributed by atoms with van der Waals surface area (Å²) in [4.78, 5) is 0. The van der Waals surface area contributed by atoms with Crippen molar-refractivity contribution in [2.45, 2.75) is 51.0 Å². The predicted molar refractivity (Wildman–Crippen MR) is 56.7 cm³/mol. The molecule has 0 aliphatic heterocycles. The second kappa shape index (κ2) is 2.37. The Morgan fingerprint density at radius 3 is 2.29 bits per heavy atom. The lowest BCUT2D eigenvalue weighted by atomic mass is 9.61. The molecule has 4 unspecified atom stereocenters. The van der Waals surface area contributed by atoms with Crippen molar-refractivity contribution in [2.24, 2.45) is 34.8 Å². The lowest BCUT2D eigenvalue weighted by molar-refractivity contribution is 0.0574. The maximum absolute atomic E-state index is 6.55. The fourth-order valence-electron chi connectivity index (χ4n) is 5.87. The highest BCUT2D eigenvalue weighted by molar-refractivity contribution is 5.16. The number of hydrogen-bond donors (Lipinski definition) is 1. The van der Waals surface area contributed by atoms with Crippen LogP contribution in [0.2, 0.25) is 0 Å². The van der Waals surface area contributed by atoms with Gasteiger partial charge in [0, 0.05) is 6.04 Å². The first-order valence-electron chi connectivity index (χ1n) is 6.56. The van der Waals surface area contributed by atoms with Crippen LogP contribution in [0.1, 0.15) is 44.9 Å². The van der Waals surface area contributed by atoms with Gasteiger partial charge >= 0.3 is 0 Å². The molecule has 4 aliphatic rings. The zero-order valence-electron chi connectivity index (χ0n) is 8.91. The summed E-state index contributed by atoms with van der Waals surface area (Å²) in [6.45, 7) is 0. The molecule has 4 bridgehead atoms. The Morgan fingerprint density at radius 2 is 1.71 bits per heavy atom. The van der Waals surface area contributed by atoms with Gasteiger partial charge in [0.05, 0.1) is 0 Å². The van der Waals surface area contributed by atoms with E-state index in [9.17, 15) is 0 Å². The molecule has 4 saturated carbocycles. The Bertz CT molecular complexity index is 263. The molecule has 6 atom stereocenters. The third-order valence-electron chi connectivity index (χ3n) is 6.31. The van der Waals surface area contributed by atoms with Crippen LogP contribution in [0.4, 0.5) is 0 Å². The largest absolute Gasteiger partial charge is 0.327 e. The minimum atomic E-state index is 0.594. The van der Waals surface area contributed by atoms with E-state index in [1.807, 2.05) is 0 Å². The molecule has 1 spiro atoms. The summed E-state index contributed by atoms with van der Waals surface area (Å²) in [6.07, 6.45) is 10.5. The Morgan fingerprint density at radius 1 is 0.929 bits per heavy atom. The van der Waals surface area contributed by atoms with Crippen LogP contribution in [-0.2, 0) is 0 Å². The predicted octanol–water partition coefficient (Wildman–Crippen LogP) is 2.55. The van der Waals surface area contributed by atoms with Crippen LogP contribution in [0, 0.1) is 29.1 Å². The van der Waals surface area contributed by atoms with Crippen molar-refractivity contribution in [3.8, 4) is 0 Å². The lowest BCUT2D eigenvalue weighted by Crippen LogP contribution is -2.49. The van der Waals surface area contributed by atoms with E-state index < -0.39 is 0 Å². The van der Waals surface area contributed by atoms with Crippen molar-refractivity contribution in [1.82, 2.24) is 0 Å². The smallest absolute Gasteiger partial charge is 0.0129 e. The van der Waals surface area contributed by atoms with Gasteiger partial charge in [-0.05, 0) is 67.6 Å². The molecule has 0 aromatic rings. The van der Waals surface area contributed by atoms with E-state index in [0.717, 1.165) is 23.7 Å². The number of nitrogens with two attached hydrogens (primary N) is 1. The monoisotopic (exact) mass is 191 g/mol. The fourth-order valence-corrected chi connectivity index (χ4v) is 5.87. The highest BCUT2D eigenvalue weighted by atomic mass is 14.8. The normalized spacial score (nSPS) is 64.5. The zero-order chi connectivity index (χ0) is 9.34. The van der Waals surface area contributed by atoms with Gasteiger partial charge in [0.1, 0.15) is 0 Å². The molecule has 0 amide bonds. The van der Waals surface area contributed by atoms with Crippen molar-refractivity contribution >= 4 is 0 Å². The molecule has 4 aliphatic carbocycles. The summed E-state index contributed by atoms with van der Waals surface area (Å²) in [5.74, 6) is 4.07. The first-order valence-corrected chi connectivity index (χ1v) is 6.56. The van der Waals surface area contributed by atoms with Gasteiger partial charge in [0.25, 0.3) is 0 Å². The van der Waals surface area contributed by atoms with Gasteiger partial charge in [-0.25, -0.2) is 0 Å². The lowest BCUT2D eigenvalue weighted by Gasteiger charge is -2.46. The van der Waals surface area contributed by atoms with Gasteiger partial charge in [-0.1, -0.05) is 6.42 Å². The maximum Gasteiger partial charge on any atom is 0.0129 e. The van der Waals surface area contributed by atoms with E-state index in [4.69, 9.17) is 5.73 Å². The van der Waals surface area contributed by atoms with Crippen LogP contribution in [-0.4, -0.2) is 6.04 Å². The molecule has 1 nitrogen and oxygen atoms in total. The molecule has 78 valence electrons. The van der Waals surface area contributed by atoms with Crippen LogP contribution >= 0.6 is 0 Å². The Balaban J connectivity index is 1.76. The van der Waals surface area contributed by atoms with Crippen LogP contribution in [0.15, 0.2) is 0 Å². The molecule has 14 heavy (non-hydrogen) atoms. The van der Waals surface area contributed by atoms with E-state index in [1.165, 1.54) is 44.9 Å². The first-order chi connectivity index (χ1) is 6.80. The minimum Gasteiger partial charge on any atom is -0.327 e. The van der Waals surface area contributed by atoms with Crippen molar-refractivity contribution in [2.75, 3.05) is 0 Å². The Kier molecular flexibility index (Phi) is 1.38. The van der Waals surface area contributed by atoms with Gasteiger partial charge < -0.3 is 5.73 Å². The number of fused-ring (bicyclic) bond motifs is 6. The Hall–Kier alpha value is -0.0400. The summed E-state index contributed by atoms with van der Waals surface area (Å²) in [5.41, 5.74) is 7.21. The zero-order valence-corrected chi connectivity index (χ0v) is 8.91. The summed E-state index contributed by atoms with van der Waals surface area (Å²) in [7, 11) is 0. The minimum absolute atomic E-state index is 0.594. The molecular formula is C13H21N. The average Bonchev–Trinajstić information content (AvgIpc) is 2.91. The molecular weight excluding hydrogens is 170 g/mol. The number of hydrogen-bond acceptors (Lipinski definition) is 1. The highest BCUT2D eigenvalue weighted by Gasteiger charge is 2.64. The van der Waals surface area contributed by atoms with E-state index >= 15 is 0 Å². The second-order valence-electron chi connectivity index (χ2n) is 6.49. The van der Waals surface area contributed by atoms with E-state index in [-0.39, 0.29) is 0 Å². The van der Waals surface area contributed by atoms with E-state index in [0.29, 0.717) is 11.5 Å². The van der Waals surface area contributed by atoms with Crippen molar-refractivity contribution < 1.29 is 0 Å². The highest BCUT2D eigenvalue weighted by Crippen LogP contribution is 2.69. The summed E-state index contributed by atoms with van der Waals surface area (Å²) in [6, 6.07) is 0.594. The summed E-state index contributed by atoms with van der Waals surface area (Å²) >= 11 is 0. The van der Waals surface area contributed by atoms with Crippen LogP contribution in [0.5, 0.6) is 0 Å². The molecule has 0 saturated heterocycles. The second-order valence-corrected chi connectivity index (χ2v) is 6.49.